The lowest BCUT2D eigenvalue weighted by Gasteiger charge is -2.03. The van der Waals surface area contributed by atoms with E-state index in [4.69, 9.17) is 11.6 Å². The zero-order valence-electron chi connectivity index (χ0n) is 13.4. The zero-order valence-corrected chi connectivity index (χ0v) is 17.3. The largest absolute Gasteiger partial charge is 0.310 e. The highest BCUT2D eigenvalue weighted by molar-refractivity contribution is 9.10. The molecule has 0 radical (unpaired) electrons. The van der Waals surface area contributed by atoms with Crippen LogP contribution in [0.5, 0.6) is 0 Å². The van der Waals surface area contributed by atoms with Crippen LogP contribution in [0.15, 0.2) is 13.7 Å². The third-order valence-electron chi connectivity index (χ3n) is 3.88. The van der Waals surface area contributed by atoms with Gasteiger partial charge < -0.3 is 4.98 Å². The molecule has 2 fully saturated rings. The van der Waals surface area contributed by atoms with Gasteiger partial charge in [-0.25, -0.2) is 15.0 Å². The minimum absolute atomic E-state index is 0. The SMILES string of the molecule is C.Cc1nc(C2CC2)c(Br)c(=O)[nH]1.Cc1nc(Cl)c(Br)c(C2CC2)n1. The van der Waals surface area contributed by atoms with E-state index in [-0.39, 0.29) is 13.0 Å². The Balaban J connectivity index is 0.000000173. The number of aromatic nitrogens is 4. The maximum Gasteiger partial charge on any atom is 0.265 e. The molecule has 2 saturated carbocycles. The molecule has 0 atom stereocenters. The Morgan fingerprint density at radius 2 is 1.48 bits per heavy atom. The lowest BCUT2D eigenvalue weighted by atomic mass is 10.3. The molecule has 8 heteroatoms. The molecule has 0 aliphatic heterocycles. The molecule has 2 heterocycles. The summed E-state index contributed by atoms with van der Waals surface area (Å²) in [4.78, 5) is 26.6. The first-order chi connectivity index (χ1) is 11.4. The van der Waals surface area contributed by atoms with Gasteiger partial charge in [0.05, 0.1) is 15.9 Å². The van der Waals surface area contributed by atoms with Crippen LogP contribution in [0.3, 0.4) is 0 Å². The van der Waals surface area contributed by atoms with Crippen LogP contribution in [0.2, 0.25) is 5.15 Å². The average Bonchev–Trinajstić information content (AvgIpc) is 3.37. The van der Waals surface area contributed by atoms with Crippen LogP contribution in [0.1, 0.15) is 68.0 Å². The van der Waals surface area contributed by atoms with Crippen molar-refractivity contribution in [1.29, 1.82) is 0 Å². The standard InChI is InChI=1S/C8H8BrClN2.C8H9BrN2O.CH4/c1-4-11-7(5-2-3-5)6(9)8(10)12-4;1-4-10-7(5-2-3-5)6(9)8(12)11-4;/h5H,2-3H2,1H3;5H,2-3H2,1H3,(H,10,11,12);1H4. The van der Waals surface area contributed by atoms with Crippen LogP contribution in [0.25, 0.3) is 0 Å². The topological polar surface area (TPSA) is 71.5 Å². The van der Waals surface area contributed by atoms with Crippen molar-refractivity contribution in [3.63, 3.8) is 0 Å². The maximum atomic E-state index is 11.3. The summed E-state index contributed by atoms with van der Waals surface area (Å²) in [5.41, 5.74) is 1.94. The molecule has 2 aliphatic rings. The number of aryl methyl sites for hydroxylation is 2. The Bertz CT molecular complexity index is 832. The van der Waals surface area contributed by atoms with Gasteiger partial charge in [0.15, 0.2) is 0 Å². The predicted octanol–water partition coefficient (Wildman–Crippen LogP) is 5.43. The molecule has 0 saturated heterocycles. The fraction of sp³-hybridized carbons (Fsp3) is 0.529. The van der Waals surface area contributed by atoms with E-state index in [1.54, 1.807) is 6.92 Å². The second-order valence-corrected chi connectivity index (χ2v) is 8.10. The van der Waals surface area contributed by atoms with Crippen molar-refractivity contribution in [2.45, 2.75) is 58.8 Å². The van der Waals surface area contributed by atoms with E-state index >= 15 is 0 Å². The van der Waals surface area contributed by atoms with Crippen LogP contribution < -0.4 is 5.56 Å². The molecule has 0 spiro atoms. The quantitative estimate of drug-likeness (QED) is 0.567. The van der Waals surface area contributed by atoms with Crippen molar-refractivity contribution in [2.75, 3.05) is 0 Å². The Kier molecular flexibility index (Phi) is 6.79. The molecule has 2 aliphatic carbocycles. The fourth-order valence-electron chi connectivity index (χ4n) is 2.39. The molecule has 0 amide bonds. The monoisotopic (exact) mass is 490 g/mol. The van der Waals surface area contributed by atoms with Crippen LogP contribution in [0.4, 0.5) is 0 Å². The second-order valence-electron chi connectivity index (χ2n) is 6.16. The van der Waals surface area contributed by atoms with E-state index in [0.717, 1.165) is 34.5 Å². The molecule has 25 heavy (non-hydrogen) atoms. The average molecular weight is 493 g/mol. The first kappa shape index (κ1) is 20.5. The van der Waals surface area contributed by atoms with Crippen LogP contribution in [0, 0.1) is 13.8 Å². The molecule has 4 rings (SSSR count). The molecule has 2 aromatic rings. The predicted molar refractivity (Wildman–Crippen MR) is 107 cm³/mol. The van der Waals surface area contributed by atoms with E-state index in [1.165, 1.54) is 12.8 Å². The lowest BCUT2D eigenvalue weighted by molar-refractivity contribution is 0.907. The van der Waals surface area contributed by atoms with Crippen molar-refractivity contribution < 1.29 is 0 Å². The summed E-state index contributed by atoms with van der Waals surface area (Å²) < 4.78 is 1.48. The zero-order chi connectivity index (χ0) is 17.4. The van der Waals surface area contributed by atoms with E-state index in [0.29, 0.717) is 27.3 Å². The first-order valence-corrected chi connectivity index (χ1v) is 9.79. The lowest BCUT2D eigenvalue weighted by Crippen LogP contribution is -2.13. The van der Waals surface area contributed by atoms with Crippen molar-refractivity contribution in [3.8, 4) is 0 Å². The van der Waals surface area contributed by atoms with Gasteiger partial charge in [0, 0.05) is 11.8 Å². The summed E-state index contributed by atoms with van der Waals surface area (Å²) in [6.07, 6.45) is 4.78. The highest BCUT2D eigenvalue weighted by Crippen LogP contribution is 2.43. The van der Waals surface area contributed by atoms with E-state index in [1.807, 2.05) is 6.92 Å². The molecular formula is C17H21Br2ClN4O. The minimum atomic E-state index is -0.0654. The summed E-state index contributed by atoms with van der Waals surface area (Å²) in [6.45, 7) is 3.67. The van der Waals surface area contributed by atoms with Crippen molar-refractivity contribution in [1.82, 2.24) is 19.9 Å². The van der Waals surface area contributed by atoms with Gasteiger partial charge in [0.1, 0.15) is 21.3 Å². The minimum Gasteiger partial charge on any atom is -0.310 e. The van der Waals surface area contributed by atoms with E-state index < -0.39 is 0 Å². The summed E-state index contributed by atoms with van der Waals surface area (Å²) in [5.74, 6) is 2.58. The van der Waals surface area contributed by atoms with E-state index in [9.17, 15) is 4.79 Å². The Morgan fingerprint density at radius 1 is 0.960 bits per heavy atom. The van der Waals surface area contributed by atoms with Gasteiger partial charge in [-0.05, 0) is 71.4 Å². The number of halogens is 3. The Labute approximate surface area is 169 Å². The number of nitrogens with zero attached hydrogens (tertiary/aromatic N) is 3. The van der Waals surface area contributed by atoms with Gasteiger partial charge in [0.2, 0.25) is 0 Å². The third kappa shape index (κ3) is 5.11. The molecule has 1 N–H and O–H groups in total. The van der Waals surface area contributed by atoms with Gasteiger partial charge in [-0.2, -0.15) is 0 Å². The molecule has 136 valence electrons. The fourth-order valence-corrected chi connectivity index (χ4v) is 3.62. The number of nitrogens with one attached hydrogen (secondary N) is 1. The summed E-state index contributed by atoms with van der Waals surface area (Å²) >= 11 is 12.5. The molecule has 0 bridgehead atoms. The number of H-pyrrole nitrogens is 1. The van der Waals surface area contributed by atoms with Gasteiger partial charge in [-0.15, -0.1) is 0 Å². The van der Waals surface area contributed by atoms with Gasteiger partial charge in [0.25, 0.3) is 5.56 Å². The normalized spacial score (nSPS) is 15.9. The van der Waals surface area contributed by atoms with Crippen molar-refractivity contribution in [2.24, 2.45) is 0 Å². The molecule has 5 nitrogen and oxygen atoms in total. The number of rotatable bonds is 2. The molecule has 0 unspecified atom stereocenters. The smallest absolute Gasteiger partial charge is 0.265 e. The number of hydrogen-bond donors (Lipinski definition) is 1. The maximum absolute atomic E-state index is 11.3. The first-order valence-electron chi connectivity index (χ1n) is 7.82. The molecular weight excluding hydrogens is 471 g/mol. The van der Waals surface area contributed by atoms with Gasteiger partial charge in [-0.1, -0.05) is 19.0 Å². The Morgan fingerprint density at radius 3 is 2.00 bits per heavy atom. The highest BCUT2D eigenvalue weighted by atomic mass is 79.9. The number of hydrogen-bond acceptors (Lipinski definition) is 4. The van der Waals surface area contributed by atoms with Crippen LogP contribution >= 0.6 is 43.5 Å². The Hall–Kier alpha value is -0.790. The second kappa shape index (κ2) is 8.27. The van der Waals surface area contributed by atoms with Gasteiger partial charge in [-0.3, -0.25) is 4.79 Å². The highest BCUT2D eigenvalue weighted by Gasteiger charge is 2.29. The molecule has 2 aromatic heterocycles. The summed E-state index contributed by atoms with van der Waals surface area (Å²) in [5, 5.41) is 0.532. The third-order valence-corrected chi connectivity index (χ3v) is 5.93. The van der Waals surface area contributed by atoms with Crippen molar-refractivity contribution >= 4 is 43.5 Å². The van der Waals surface area contributed by atoms with Crippen LogP contribution in [-0.2, 0) is 0 Å². The molecule has 0 aromatic carbocycles. The van der Waals surface area contributed by atoms with Gasteiger partial charge >= 0.3 is 0 Å². The number of aromatic amines is 1. The van der Waals surface area contributed by atoms with Crippen molar-refractivity contribution in [3.05, 3.63) is 47.5 Å². The summed E-state index contributed by atoms with van der Waals surface area (Å²) in [6, 6.07) is 0. The van der Waals surface area contributed by atoms with E-state index in [2.05, 4.69) is 51.8 Å². The summed E-state index contributed by atoms with van der Waals surface area (Å²) in [7, 11) is 0. The van der Waals surface area contributed by atoms with Crippen LogP contribution in [-0.4, -0.2) is 19.9 Å².